The molecule has 4 aromatic rings. The number of thiophene rings is 1. The average Bonchev–Trinajstić information content (AvgIpc) is 3.43. The van der Waals surface area contributed by atoms with E-state index in [1.54, 1.807) is 22.8 Å². The van der Waals surface area contributed by atoms with Crippen LogP contribution in [0.25, 0.3) is 10.7 Å². The van der Waals surface area contributed by atoms with Crippen LogP contribution in [-0.2, 0) is 11.4 Å². The van der Waals surface area contributed by atoms with Gasteiger partial charge in [-0.2, -0.15) is 5.10 Å². The molecule has 0 aliphatic carbocycles. The normalized spacial score (nSPS) is 11.8. The lowest BCUT2D eigenvalue weighted by Crippen LogP contribution is -2.24. The topological polar surface area (TPSA) is 71.9 Å². The Morgan fingerprint density at radius 3 is 2.77 bits per heavy atom. The zero-order chi connectivity index (χ0) is 21.8. The molecule has 4 rings (SSSR count). The first kappa shape index (κ1) is 21.0. The molecule has 2 aromatic carbocycles. The molecular weight excluding hydrogens is 428 g/mol. The smallest absolute Gasteiger partial charge is 0.247 e. The number of rotatable bonds is 7. The molecule has 2 aromatic heterocycles. The molecule has 1 atom stereocenters. The van der Waals surface area contributed by atoms with Crippen LogP contribution in [0, 0.1) is 11.7 Å². The lowest BCUT2D eigenvalue weighted by Gasteiger charge is -2.18. The summed E-state index contributed by atoms with van der Waals surface area (Å²) in [4.78, 5) is 14.1. The van der Waals surface area contributed by atoms with Crippen molar-refractivity contribution in [2.75, 3.05) is 5.32 Å². The van der Waals surface area contributed by atoms with Gasteiger partial charge in [-0.25, -0.2) is 0 Å². The third kappa shape index (κ3) is 4.76. The maximum Gasteiger partial charge on any atom is 0.247 e. The minimum atomic E-state index is -0.563. The number of aryl methyl sites for hydroxylation is 1. The van der Waals surface area contributed by atoms with Crippen LogP contribution < -0.4 is 10.1 Å². The first-order valence-corrected chi connectivity index (χ1v) is 11.1. The van der Waals surface area contributed by atoms with E-state index >= 15 is 0 Å². The van der Waals surface area contributed by atoms with Gasteiger partial charge in [-0.05, 0) is 60.8 Å². The Labute approximate surface area is 189 Å². The molecule has 6 nitrogen and oxygen atoms in total. The second-order valence-electron chi connectivity index (χ2n) is 7.14. The van der Waals surface area contributed by atoms with Crippen LogP contribution in [0.5, 0.6) is 5.75 Å². The van der Waals surface area contributed by atoms with E-state index in [-0.39, 0.29) is 5.91 Å². The molecule has 0 aliphatic rings. The summed E-state index contributed by atoms with van der Waals surface area (Å²) in [6.45, 7) is 4.20. The number of nitrogens with zero attached hydrogens (tertiary/aromatic N) is 2. The second-order valence-corrected chi connectivity index (χ2v) is 8.47. The molecule has 0 saturated carbocycles. The van der Waals surface area contributed by atoms with Gasteiger partial charge < -0.3 is 10.1 Å². The zero-order valence-corrected chi connectivity index (χ0v) is 18.8. The average molecular weight is 451 g/mol. The number of H-pyrrole nitrogens is 1. The van der Waals surface area contributed by atoms with Gasteiger partial charge in [-0.1, -0.05) is 42.5 Å². The zero-order valence-electron chi connectivity index (χ0n) is 17.2. The molecule has 0 aliphatic heterocycles. The van der Waals surface area contributed by atoms with Crippen molar-refractivity contribution in [2.45, 2.75) is 26.5 Å². The fourth-order valence-electron chi connectivity index (χ4n) is 3.19. The molecule has 0 fully saturated rings. The summed E-state index contributed by atoms with van der Waals surface area (Å²) >= 11 is 6.93. The highest BCUT2D eigenvalue weighted by Crippen LogP contribution is 2.29. The first-order chi connectivity index (χ1) is 15.0. The summed E-state index contributed by atoms with van der Waals surface area (Å²) in [7, 11) is 0. The highest BCUT2D eigenvalue weighted by molar-refractivity contribution is 7.71. The molecule has 0 spiro atoms. The highest BCUT2D eigenvalue weighted by atomic mass is 32.1. The van der Waals surface area contributed by atoms with Crippen molar-refractivity contribution >= 4 is 35.1 Å². The predicted octanol–water partition coefficient (Wildman–Crippen LogP) is 5.76. The fourth-order valence-corrected chi connectivity index (χ4v) is 4.19. The maximum atomic E-state index is 13.1. The number of carbonyl (C=O) groups is 1. The molecule has 158 valence electrons. The number of aromatic nitrogens is 3. The summed E-state index contributed by atoms with van der Waals surface area (Å²) in [6.07, 6.45) is 0. The van der Waals surface area contributed by atoms with Gasteiger partial charge >= 0.3 is 0 Å². The Morgan fingerprint density at radius 2 is 2.03 bits per heavy atom. The third-order valence-electron chi connectivity index (χ3n) is 4.84. The standard InChI is InChI=1S/C23H22N4O2S2/c1-15-10-11-18(19(13-15)29-14-17-7-4-3-5-8-17)24-22(28)16(2)27-21(25-26-23(27)30)20-9-6-12-31-20/h3-13,16H,14H2,1-2H3,(H,24,28)(H,26,30). The van der Waals surface area contributed by atoms with Crippen LogP contribution in [0.3, 0.4) is 0 Å². The molecule has 1 amide bonds. The Bertz CT molecular complexity index is 1230. The second kappa shape index (κ2) is 9.28. The van der Waals surface area contributed by atoms with Gasteiger partial charge in [-0.15, -0.1) is 11.3 Å². The van der Waals surface area contributed by atoms with Crippen LogP contribution in [0.15, 0.2) is 66.0 Å². The SMILES string of the molecule is Cc1ccc(NC(=O)C(C)n2c(-c3cccs3)n[nH]c2=S)c(OCc2ccccc2)c1. The van der Waals surface area contributed by atoms with Crippen molar-refractivity contribution in [3.05, 3.63) is 81.9 Å². The van der Waals surface area contributed by atoms with E-state index in [9.17, 15) is 4.79 Å². The number of aromatic amines is 1. The molecule has 0 saturated heterocycles. The Hall–Kier alpha value is -3.23. The van der Waals surface area contributed by atoms with Crippen LogP contribution in [0.1, 0.15) is 24.1 Å². The van der Waals surface area contributed by atoms with Crippen molar-refractivity contribution in [3.63, 3.8) is 0 Å². The molecule has 2 N–H and O–H groups in total. The van der Waals surface area contributed by atoms with E-state index in [1.165, 1.54) is 0 Å². The number of anilines is 1. The van der Waals surface area contributed by atoms with Crippen molar-refractivity contribution in [3.8, 4) is 16.5 Å². The summed E-state index contributed by atoms with van der Waals surface area (Å²) in [5.41, 5.74) is 2.72. The quantitative estimate of drug-likeness (QED) is 0.351. The number of ether oxygens (including phenoxy) is 1. The van der Waals surface area contributed by atoms with E-state index in [0.29, 0.717) is 28.6 Å². The number of carbonyl (C=O) groups excluding carboxylic acids is 1. The Kier molecular flexibility index (Phi) is 6.29. The number of hydrogen-bond donors (Lipinski definition) is 2. The number of benzene rings is 2. The minimum Gasteiger partial charge on any atom is -0.487 e. The lowest BCUT2D eigenvalue weighted by atomic mass is 10.2. The van der Waals surface area contributed by atoms with Crippen molar-refractivity contribution in [1.82, 2.24) is 14.8 Å². The molecule has 31 heavy (non-hydrogen) atoms. The molecule has 8 heteroatoms. The van der Waals surface area contributed by atoms with Gasteiger partial charge in [0.25, 0.3) is 0 Å². The number of amides is 1. The van der Waals surface area contributed by atoms with Gasteiger partial charge in [0, 0.05) is 0 Å². The van der Waals surface area contributed by atoms with E-state index in [2.05, 4.69) is 15.5 Å². The summed E-state index contributed by atoms with van der Waals surface area (Å²) in [5.74, 6) is 1.06. The third-order valence-corrected chi connectivity index (χ3v) is 6.00. The Morgan fingerprint density at radius 1 is 1.23 bits per heavy atom. The van der Waals surface area contributed by atoms with Gasteiger partial charge in [0.2, 0.25) is 5.91 Å². The molecule has 2 heterocycles. The lowest BCUT2D eigenvalue weighted by molar-refractivity contribution is -0.118. The highest BCUT2D eigenvalue weighted by Gasteiger charge is 2.22. The van der Waals surface area contributed by atoms with E-state index in [4.69, 9.17) is 17.0 Å². The monoisotopic (exact) mass is 450 g/mol. The van der Waals surface area contributed by atoms with Crippen LogP contribution in [0.4, 0.5) is 5.69 Å². The van der Waals surface area contributed by atoms with Crippen LogP contribution in [0.2, 0.25) is 0 Å². The van der Waals surface area contributed by atoms with Crippen molar-refractivity contribution in [2.24, 2.45) is 0 Å². The van der Waals surface area contributed by atoms with Crippen LogP contribution >= 0.6 is 23.6 Å². The maximum absolute atomic E-state index is 13.1. The minimum absolute atomic E-state index is 0.205. The Balaban J connectivity index is 1.55. The molecule has 0 radical (unpaired) electrons. The fraction of sp³-hybridized carbons (Fsp3) is 0.174. The van der Waals surface area contributed by atoms with Gasteiger partial charge in [0.1, 0.15) is 18.4 Å². The van der Waals surface area contributed by atoms with Crippen molar-refractivity contribution in [1.29, 1.82) is 0 Å². The summed E-state index contributed by atoms with van der Waals surface area (Å²) in [5, 5.41) is 12.1. The summed E-state index contributed by atoms with van der Waals surface area (Å²) in [6, 6.07) is 19.0. The van der Waals surface area contributed by atoms with Crippen LogP contribution in [-0.4, -0.2) is 20.7 Å². The number of nitrogens with one attached hydrogen (secondary N) is 2. The van der Waals surface area contributed by atoms with E-state index in [0.717, 1.165) is 16.0 Å². The van der Waals surface area contributed by atoms with Gasteiger partial charge in [0.05, 0.1) is 10.6 Å². The van der Waals surface area contributed by atoms with E-state index < -0.39 is 6.04 Å². The largest absolute Gasteiger partial charge is 0.487 e. The predicted molar refractivity (Wildman–Crippen MR) is 126 cm³/mol. The molecule has 1 unspecified atom stereocenters. The molecular formula is C23H22N4O2S2. The van der Waals surface area contributed by atoms with Crippen molar-refractivity contribution < 1.29 is 9.53 Å². The van der Waals surface area contributed by atoms with Gasteiger partial charge in [-0.3, -0.25) is 14.5 Å². The number of hydrogen-bond acceptors (Lipinski definition) is 5. The first-order valence-electron chi connectivity index (χ1n) is 9.82. The molecule has 0 bridgehead atoms. The van der Waals surface area contributed by atoms with E-state index in [1.807, 2.05) is 73.0 Å². The van der Waals surface area contributed by atoms with Gasteiger partial charge in [0.15, 0.2) is 10.6 Å². The summed E-state index contributed by atoms with van der Waals surface area (Å²) < 4.78 is 8.15.